The Bertz CT molecular complexity index is 625. The van der Waals surface area contributed by atoms with Crippen molar-refractivity contribution in [3.8, 4) is 0 Å². The maximum Gasteiger partial charge on any atom is 0.227 e. The molecule has 0 N–H and O–H groups in total. The SMILES string of the molecule is Cc1cc(N(C)C)nc(N2CCc3cncnc3C2)n1. The van der Waals surface area contributed by atoms with Crippen LogP contribution in [0.5, 0.6) is 0 Å². The summed E-state index contributed by atoms with van der Waals surface area (Å²) in [7, 11) is 3.98. The molecule has 0 aromatic carbocycles. The van der Waals surface area contributed by atoms with Crippen molar-refractivity contribution in [1.29, 1.82) is 0 Å². The number of rotatable bonds is 2. The highest BCUT2D eigenvalue weighted by Gasteiger charge is 2.20. The third-order valence-corrected chi connectivity index (χ3v) is 3.44. The number of anilines is 2. The molecule has 0 bridgehead atoms. The van der Waals surface area contributed by atoms with Crippen LogP contribution in [0, 0.1) is 6.92 Å². The molecule has 6 nitrogen and oxygen atoms in total. The van der Waals surface area contributed by atoms with Crippen LogP contribution in [0.2, 0.25) is 0 Å². The van der Waals surface area contributed by atoms with Crippen LogP contribution in [-0.2, 0) is 13.0 Å². The van der Waals surface area contributed by atoms with Crippen molar-refractivity contribution < 1.29 is 0 Å². The quantitative estimate of drug-likeness (QED) is 0.817. The predicted molar refractivity (Wildman–Crippen MR) is 77.9 cm³/mol. The molecule has 0 saturated heterocycles. The van der Waals surface area contributed by atoms with Crippen molar-refractivity contribution >= 4 is 11.8 Å². The van der Waals surface area contributed by atoms with Gasteiger partial charge in [0.15, 0.2) is 0 Å². The highest BCUT2D eigenvalue weighted by Crippen LogP contribution is 2.22. The lowest BCUT2D eigenvalue weighted by Gasteiger charge is -2.28. The zero-order valence-corrected chi connectivity index (χ0v) is 12.0. The highest BCUT2D eigenvalue weighted by atomic mass is 15.3. The van der Waals surface area contributed by atoms with Crippen molar-refractivity contribution in [3.05, 3.63) is 35.5 Å². The Labute approximate surface area is 118 Å². The van der Waals surface area contributed by atoms with Crippen molar-refractivity contribution in [3.63, 3.8) is 0 Å². The number of nitrogens with zero attached hydrogens (tertiary/aromatic N) is 6. The van der Waals surface area contributed by atoms with Crippen molar-refractivity contribution in [2.75, 3.05) is 30.4 Å². The fourth-order valence-corrected chi connectivity index (χ4v) is 2.33. The standard InChI is InChI=1S/C14H18N6/c1-10-6-13(19(2)3)18-14(17-10)20-5-4-11-7-15-9-16-12(11)8-20/h6-7,9H,4-5,8H2,1-3H3. The minimum Gasteiger partial charge on any atom is -0.363 e. The summed E-state index contributed by atoms with van der Waals surface area (Å²) in [5, 5.41) is 0. The van der Waals surface area contributed by atoms with Gasteiger partial charge in [-0.3, -0.25) is 0 Å². The van der Waals surface area contributed by atoms with Gasteiger partial charge < -0.3 is 9.80 Å². The summed E-state index contributed by atoms with van der Waals surface area (Å²) in [5.41, 5.74) is 3.28. The first-order chi connectivity index (χ1) is 9.63. The Morgan fingerprint density at radius 1 is 1.25 bits per heavy atom. The van der Waals surface area contributed by atoms with E-state index in [1.807, 2.05) is 38.2 Å². The topological polar surface area (TPSA) is 58.0 Å². The van der Waals surface area contributed by atoms with Gasteiger partial charge in [0.1, 0.15) is 12.1 Å². The van der Waals surface area contributed by atoms with Gasteiger partial charge in [-0.1, -0.05) is 0 Å². The normalized spacial score (nSPS) is 14.1. The van der Waals surface area contributed by atoms with Crippen LogP contribution in [0.25, 0.3) is 0 Å². The van der Waals surface area contributed by atoms with Crippen molar-refractivity contribution in [1.82, 2.24) is 19.9 Å². The Hall–Kier alpha value is -2.24. The van der Waals surface area contributed by atoms with Crippen LogP contribution < -0.4 is 9.80 Å². The van der Waals surface area contributed by atoms with Gasteiger partial charge in [-0.2, -0.15) is 4.98 Å². The molecule has 0 radical (unpaired) electrons. The predicted octanol–water partition coefficient (Wildman–Crippen LogP) is 1.20. The van der Waals surface area contributed by atoms with Crippen molar-refractivity contribution in [2.24, 2.45) is 0 Å². The Morgan fingerprint density at radius 3 is 2.90 bits per heavy atom. The fraction of sp³-hybridized carbons (Fsp3) is 0.429. The van der Waals surface area contributed by atoms with Gasteiger partial charge in [-0.15, -0.1) is 0 Å². The number of hydrogen-bond donors (Lipinski definition) is 0. The van der Waals surface area contributed by atoms with Crippen LogP contribution in [0.15, 0.2) is 18.6 Å². The molecular weight excluding hydrogens is 252 g/mol. The van der Waals surface area contributed by atoms with E-state index < -0.39 is 0 Å². The molecule has 1 aliphatic heterocycles. The smallest absolute Gasteiger partial charge is 0.227 e. The van der Waals surface area contributed by atoms with E-state index in [2.05, 4.69) is 24.8 Å². The van der Waals surface area contributed by atoms with E-state index in [9.17, 15) is 0 Å². The van der Waals surface area contributed by atoms with Crippen molar-refractivity contribution in [2.45, 2.75) is 19.9 Å². The lowest BCUT2D eigenvalue weighted by molar-refractivity contribution is 0.681. The minimum atomic E-state index is 0.744. The van der Waals surface area contributed by atoms with Gasteiger partial charge in [0.05, 0.1) is 12.2 Å². The number of fused-ring (bicyclic) bond motifs is 1. The largest absolute Gasteiger partial charge is 0.363 e. The van der Waals surface area contributed by atoms with Gasteiger partial charge in [0.25, 0.3) is 0 Å². The molecule has 3 heterocycles. The maximum absolute atomic E-state index is 4.63. The number of aromatic nitrogens is 4. The minimum absolute atomic E-state index is 0.744. The average molecular weight is 270 g/mol. The molecule has 0 saturated carbocycles. The van der Waals surface area contributed by atoms with E-state index in [4.69, 9.17) is 0 Å². The Balaban J connectivity index is 1.91. The van der Waals surface area contributed by atoms with E-state index in [1.54, 1.807) is 6.33 Å². The molecule has 0 unspecified atom stereocenters. The van der Waals surface area contributed by atoms with Gasteiger partial charge in [-0.25, -0.2) is 15.0 Å². The fourth-order valence-electron chi connectivity index (χ4n) is 2.33. The first-order valence-electron chi connectivity index (χ1n) is 6.69. The van der Waals surface area contributed by atoms with Crippen LogP contribution in [0.1, 0.15) is 17.0 Å². The van der Waals surface area contributed by atoms with Gasteiger partial charge in [0.2, 0.25) is 5.95 Å². The summed E-state index contributed by atoms with van der Waals surface area (Å²) in [5.74, 6) is 1.71. The summed E-state index contributed by atoms with van der Waals surface area (Å²) in [6.45, 7) is 3.64. The zero-order chi connectivity index (χ0) is 14.1. The van der Waals surface area contributed by atoms with Crippen LogP contribution in [0.4, 0.5) is 11.8 Å². The van der Waals surface area contributed by atoms with Gasteiger partial charge >= 0.3 is 0 Å². The molecule has 0 atom stereocenters. The summed E-state index contributed by atoms with van der Waals surface area (Å²) in [6, 6.07) is 1.99. The van der Waals surface area contributed by atoms with E-state index in [0.29, 0.717) is 0 Å². The molecule has 3 rings (SSSR count). The monoisotopic (exact) mass is 270 g/mol. The molecule has 2 aromatic heterocycles. The molecule has 0 amide bonds. The molecule has 20 heavy (non-hydrogen) atoms. The second kappa shape index (κ2) is 5.03. The maximum atomic E-state index is 4.63. The second-order valence-corrected chi connectivity index (χ2v) is 5.23. The molecular formula is C14H18N6. The molecule has 1 aliphatic rings. The van der Waals surface area contributed by atoms with E-state index in [-0.39, 0.29) is 0 Å². The molecule has 2 aromatic rings. The first-order valence-corrected chi connectivity index (χ1v) is 6.69. The molecule has 0 aliphatic carbocycles. The van der Waals surface area contributed by atoms with E-state index in [1.165, 1.54) is 5.56 Å². The van der Waals surface area contributed by atoms with E-state index in [0.717, 1.165) is 42.7 Å². The first kappa shape index (κ1) is 12.8. The summed E-state index contributed by atoms with van der Waals surface area (Å²) in [4.78, 5) is 21.8. The summed E-state index contributed by atoms with van der Waals surface area (Å²) >= 11 is 0. The summed E-state index contributed by atoms with van der Waals surface area (Å²) in [6.07, 6.45) is 4.44. The Morgan fingerprint density at radius 2 is 2.10 bits per heavy atom. The van der Waals surface area contributed by atoms with E-state index >= 15 is 0 Å². The molecule has 104 valence electrons. The summed E-state index contributed by atoms with van der Waals surface area (Å²) < 4.78 is 0. The third kappa shape index (κ3) is 2.41. The molecule has 0 fully saturated rings. The average Bonchev–Trinajstić information content (AvgIpc) is 2.46. The lowest BCUT2D eigenvalue weighted by Crippen LogP contribution is -2.33. The second-order valence-electron chi connectivity index (χ2n) is 5.23. The van der Waals surface area contributed by atoms with Crippen LogP contribution in [0.3, 0.4) is 0 Å². The highest BCUT2D eigenvalue weighted by molar-refractivity contribution is 5.46. The number of hydrogen-bond acceptors (Lipinski definition) is 6. The third-order valence-electron chi connectivity index (χ3n) is 3.44. The van der Waals surface area contributed by atoms with Crippen LogP contribution in [-0.4, -0.2) is 40.6 Å². The van der Waals surface area contributed by atoms with Crippen LogP contribution >= 0.6 is 0 Å². The molecule has 0 spiro atoms. The number of aryl methyl sites for hydroxylation is 1. The Kier molecular flexibility index (Phi) is 3.22. The lowest BCUT2D eigenvalue weighted by atomic mass is 10.1. The van der Waals surface area contributed by atoms with Gasteiger partial charge in [-0.05, 0) is 18.9 Å². The molecule has 6 heteroatoms. The van der Waals surface area contributed by atoms with Gasteiger partial charge in [0, 0.05) is 38.6 Å². The zero-order valence-electron chi connectivity index (χ0n) is 12.0.